The molecule has 2 aromatic carbocycles. The van der Waals surface area contributed by atoms with Crippen LogP contribution in [-0.4, -0.2) is 18.1 Å². The number of hydrazone groups is 1. The van der Waals surface area contributed by atoms with E-state index in [4.69, 9.17) is 22.1 Å². The number of benzene rings is 2. The van der Waals surface area contributed by atoms with Gasteiger partial charge >= 0.3 is 6.18 Å². The largest absolute Gasteiger partial charge is 0.452 e. The van der Waals surface area contributed by atoms with Gasteiger partial charge in [0.25, 0.3) is 0 Å². The molecule has 0 bridgehead atoms. The fourth-order valence-electron chi connectivity index (χ4n) is 3.73. The summed E-state index contributed by atoms with van der Waals surface area (Å²) in [4.78, 5) is 0. The zero-order valence-electron chi connectivity index (χ0n) is 14.8. The standard InChI is InChI=1S/C20H14ClF3N4O/c21-14-9-5-4-8-12(14)15-13(10-25)18(26)29-19-16(15)17(20(22,23)24)27-28(19)11-6-2-1-3-7-11/h1-9,15-16,19H,26H2. The molecule has 0 saturated heterocycles. The van der Waals surface area contributed by atoms with Gasteiger partial charge in [-0.05, 0) is 23.8 Å². The van der Waals surface area contributed by atoms with E-state index in [0.717, 1.165) is 5.01 Å². The average Bonchev–Trinajstić information content (AvgIpc) is 3.07. The summed E-state index contributed by atoms with van der Waals surface area (Å²) in [6.45, 7) is 0. The van der Waals surface area contributed by atoms with Gasteiger partial charge in [-0.1, -0.05) is 48.0 Å². The van der Waals surface area contributed by atoms with Gasteiger partial charge in [0, 0.05) is 10.9 Å². The minimum Gasteiger partial charge on any atom is -0.452 e. The van der Waals surface area contributed by atoms with Gasteiger partial charge in [0.05, 0.1) is 17.2 Å². The Bertz CT molecular complexity index is 1050. The fraction of sp³-hybridized carbons (Fsp3) is 0.200. The van der Waals surface area contributed by atoms with Crippen LogP contribution in [0.15, 0.2) is 71.2 Å². The van der Waals surface area contributed by atoms with Gasteiger partial charge < -0.3 is 10.5 Å². The van der Waals surface area contributed by atoms with Crippen LogP contribution in [0.1, 0.15) is 11.5 Å². The highest BCUT2D eigenvalue weighted by Gasteiger charge is 2.58. The van der Waals surface area contributed by atoms with E-state index < -0.39 is 30.0 Å². The highest BCUT2D eigenvalue weighted by molar-refractivity contribution is 6.31. The van der Waals surface area contributed by atoms with Crippen LogP contribution in [0, 0.1) is 17.2 Å². The number of nitrogens with two attached hydrogens (primary N) is 1. The van der Waals surface area contributed by atoms with Gasteiger partial charge in [-0.2, -0.15) is 23.5 Å². The van der Waals surface area contributed by atoms with Crippen molar-refractivity contribution < 1.29 is 17.9 Å². The first-order valence-corrected chi connectivity index (χ1v) is 9.01. The number of hydrogen-bond acceptors (Lipinski definition) is 5. The molecular weight excluding hydrogens is 405 g/mol. The number of halogens is 4. The molecule has 4 rings (SSSR count). The SMILES string of the molecule is N#CC1=C(N)OC2C(C(C(F)(F)F)=NN2c2ccccc2)C1c1ccccc1Cl. The smallest absolute Gasteiger partial charge is 0.431 e. The number of hydrogen-bond donors (Lipinski definition) is 1. The summed E-state index contributed by atoms with van der Waals surface area (Å²) >= 11 is 6.28. The molecule has 0 radical (unpaired) electrons. The molecule has 148 valence electrons. The molecule has 9 heteroatoms. The predicted octanol–water partition coefficient (Wildman–Crippen LogP) is 4.53. The van der Waals surface area contributed by atoms with Crippen LogP contribution in [0.25, 0.3) is 0 Å². The van der Waals surface area contributed by atoms with Gasteiger partial charge in [0.2, 0.25) is 12.1 Å². The first kappa shape index (κ1) is 19.2. The summed E-state index contributed by atoms with van der Waals surface area (Å²) in [6, 6.07) is 16.7. The Balaban J connectivity index is 1.93. The molecule has 0 fully saturated rings. The number of para-hydroxylation sites is 1. The van der Waals surface area contributed by atoms with Crippen LogP contribution in [0.5, 0.6) is 0 Å². The number of allylic oxidation sites excluding steroid dienone is 1. The van der Waals surface area contributed by atoms with Crippen LogP contribution in [0.4, 0.5) is 18.9 Å². The van der Waals surface area contributed by atoms with Crippen molar-refractivity contribution in [2.45, 2.75) is 18.3 Å². The van der Waals surface area contributed by atoms with E-state index in [1.807, 2.05) is 6.07 Å². The van der Waals surface area contributed by atoms with Crippen molar-refractivity contribution in [1.82, 2.24) is 0 Å². The van der Waals surface area contributed by atoms with Gasteiger partial charge in [-0.25, -0.2) is 5.01 Å². The maximum Gasteiger partial charge on any atom is 0.431 e. The first-order valence-electron chi connectivity index (χ1n) is 8.63. The highest BCUT2D eigenvalue weighted by Crippen LogP contribution is 2.49. The molecule has 2 N–H and O–H groups in total. The van der Waals surface area contributed by atoms with Gasteiger partial charge in [-0.3, -0.25) is 0 Å². The summed E-state index contributed by atoms with van der Waals surface area (Å²) in [5.74, 6) is -2.61. The zero-order chi connectivity index (χ0) is 20.8. The lowest BCUT2D eigenvalue weighted by atomic mass is 9.76. The number of alkyl halides is 3. The van der Waals surface area contributed by atoms with Crippen molar-refractivity contribution in [3.8, 4) is 6.07 Å². The monoisotopic (exact) mass is 418 g/mol. The Labute approximate surface area is 169 Å². The summed E-state index contributed by atoms with van der Waals surface area (Å²) in [6.07, 6.45) is -5.91. The molecule has 0 aromatic heterocycles. The minimum absolute atomic E-state index is 0.105. The molecule has 2 heterocycles. The van der Waals surface area contributed by atoms with Crippen molar-refractivity contribution in [3.05, 3.63) is 76.6 Å². The van der Waals surface area contributed by atoms with Crippen molar-refractivity contribution in [3.63, 3.8) is 0 Å². The third-order valence-electron chi connectivity index (χ3n) is 4.93. The Morgan fingerprint density at radius 1 is 1.10 bits per heavy atom. The Morgan fingerprint density at radius 2 is 1.76 bits per heavy atom. The van der Waals surface area contributed by atoms with Crippen molar-refractivity contribution in [1.29, 1.82) is 5.26 Å². The molecule has 0 saturated carbocycles. The molecule has 0 amide bonds. The van der Waals surface area contributed by atoms with Crippen LogP contribution in [0.2, 0.25) is 5.02 Å². The highest BCUT2D eigenvalue weighted by atomic mass is 35.5. The molecule has 2 aliphatic rings. The number of nitrogens with zero attached hydrogens (tertiary/aromatic N) is 3. The average molecular weight is 419 g/mol. The van der Waals surface area contributed by atoms with Crippen LogP contribution >= 0.6 is 11.6 Å². The Hall–Kier alpha value is -3.18. The zero-order valence-corrected chi connectivity index (χ0v) is 15.5. The topological polar surface area (TPSA) is 74.6 Å². The number of rotatable bonds is 2. The molecular formula is C20H14ClF3N4O. The quantitative estimate of drug-likeness (QED) is 0.777. The van der Waals surface area contributed by atoms with Gasteiger partial charge in [0.1, 0.15) is 6.07 Å². The van der Waals surface area contributed by atoms with E-state index in [0.29, 0.717) is 11.3 Å². The molecule has 29 heavy (non-hydrogen) atoms. The number of fused-ring (bicyclic) bond motifs is 1. The Kier molecular flexibility index (Phi) is 4.63. The van der Waals surface area contributed by atoms with Crippen LogP contribution < -0.4 is 10.7 Å². The summed E-state index contributed by atoms with van der Waals surface area (Å²) in [5.41, 5.74) is 5.57. The molecule has 0 aliphatic carbocycles. The lowest BCUT2D eigenvalue weighted by Crippen LogP contribution is -2.46. The minimum atomic E-state index is -4.73. The van der Waals surface area contributed by atoms with E-state index in [9.17, 15) is 18.4 Å². The van der Waals surface area contributed by atoms with E-state index in [-0.39, 0.29) is 16.5 Å². The molecule has 3 unspecified atom stereocenters. The van der Waals surface area contributed by atoms with E-state index in [1.165, 1.54) is 0 Å². The van der Waals surface area contributed by atoms with Crippen molar-refractivity contribution in [2.75, 3.05) is 5.01 Å². The van der Waals surface area contributed by atoms with Gasteiger partial charge in [0.15, 0.2) is 5.71 Å². The summed E-state index contributed by atoms with van der Waals surface area (Å²) in [5, 5.41) is 14.9. The third kappa shape index (κ3) is 3.17. The second-order valence-corrected chi connectivity index (χ2v) is 6.99. The van der Waals surface area contributed by atoms with E-state index in [2.05, 4.69) is 5.10 Å². The third-order valence-corrected chi connectivity index (χ3v) is 5.28. The lowest BCUT2D eigenvalue weighted by molar-refractivity contribution is -0.0658. The molecule has 3 atom stereocenters. The summed E-state index contributed by atoms with van der Waals surface area (Å²) in [7, 11) is 0. The maximum absolute atomic E-state index is 14.0. The Morgan fingerprint density at radius 3 is 2.38 bits per heavy atom. The molecule has 0 spiro atoms. The fourth-order valence-corrected chi connectivity index (χ4v) is 3.98. The van der Waals surface area contributed by atoms with Crippen LogP contribution in [-0.2, 0) is 4.74 Å². The number of ether oxygens (including phenoxy) is 1. The molecule has 2 aromatic rings. The van der Waals surface area contributed by atoms with Gasteiger partial charge in [-0.15, -0.1) is 0 Å². The predicted molar refractivity (Wildman–Crippen MR) is 102 cm³/mol. The lowest BCUT2D eigenvalue weighted by Gasteiger charge is -2.37. The first-order chi connectivity index (χ1) is 13.8. The molecule has 2 aliphatic heterocycles. The van der Waals surface area contributed by atoms with E-state index in [1.54, 1.807) is 54.6 Å². The maximum atomic E-state index is 14.0. The molecule has 5 nitrogen and oxygen atoms in total. The van der Waals surface area contributed by atoms with Crippen LogP contribution in [0.3, 0.4) is 0 Å². The summed E-state index contributed by atoms with van der Waals surface area (Å²) < 4.78 is 47.5. The number of nitriles is 1. The second kappa shape index (κ2) is 7.01. The van der Waals surface area contributed by atoms with Crippen molar-refractivity contribution in [2.24, 2.45) is 16.8 Å². The number of anilines is 1. The van der Waals surface area contributed by atoms with E-state index >= 15 is 0 Å². The van der Waals surface area contributed by atoms with Crippen molar-refractivity contribution >= 4 is 23.0 Å². The normalized spacial score (nSPS) is 23.9. The second-order valence-electron chi connectivity index (χ2n) is 6.59.